The van der Waals surface area contributed by atoms with E-state index in [-0.39, 0.29) is 30.0 Å². The highest BCUT2D eigenvalue weighted by molar-refractivity contribution is 7.91. The molecule has 0 fully saturated rings. The minimum absolute atomic E-state index is 0.0244. The number of esters is 1. The number of aromatic nitrogens is 2. The molecule has 1 amide bonds. The lowest BCUT2D eigenvalue weighted by Crippen LogP contribution is -2.52. The van der Waals surface area contributed by atoms with E-state index in [0.29, 0.717) is 25.1 Å². The van der Waals surface area contributed by atoms with Crippen molar-refractivity contribution in [1.29, 1.82) is 0 Å². The van der Waals surface area contributed by atoms with E-state index in [1.54, 1.807) is 6.92 Å². The van der Waals surface area contributed by atoms with Crippen LogP contribution in [-0.4, -0.2) is 66.7 Å². The first-order valence-electron chi connectivity index (χ1n) is 14.6. The number of rotatable bonds is 17. The molecule has 3 rings (SSSR count). The first-order valence-corrected chi connectivity index (χ1v) is 16.4. The maximum Gasteiger partial charge on any atom is 0.330 e. The molecule has 0 bridgehead atoms. The third-order valence-electron chi connectivity index (χ3n) is 6.97. The number of nitrogens with zero attached hydrogens (tertiary/aromatic N) is 1. The maximum atomic E-state index is 13.9. The van der Waals surface area contributed by atoms with Crippen LogP contribution in [0.2, 0.25) is 0 Å². The molecule has 0 aliphatic carbocycles. The fourth-order valence-corrected chi connectivity index (χ4v) is 6.22. The van der Waals surface area contributed by atoms with Crippen molar-refractivity contribution in [2.45, 2.75) is 71.2 Å². The molecule has 0 radical (unpaired) electrons. The van der Waals surface area contributed by atoms with Gasteiger partial charge in [0.1, 0.15) is 29.5 Å². The van der Waals surface area contributed by atoms with Crippen LogP contribution in [0.25, 0.3) is 0 Å². The summed E-state index contributed by atoms with van der Waals surface area (Å²) in [6, 6.07) is 9.91. The van der Waals surface area contributed by atoms with Gasteiger partial charge in [-0.05, 0) is 61.1 Å². The lowest BCUT2D eigenvalue weighted by atomic mass is 10.0. The van der Waals surface area contributed by atoms with Gasteiger partial charge in [-0.1, -0.05) is 44.5 Å². The lowest BCUT2D eigenvalue weighted by Gasteiger charge is -2.27. The molecule has 0 spiro atoms. The molecular formula is C31H41F2N5O5S. The third kappa shape index (κ3) is 11.1. The summed E-state index contributed by atoms with van der Waals surface area (Å²) in [4.78, 5) is 26.4. The Kier molecular flexibility index (Phi) is 13.0. The molecule has 0 saturated heterocycles. The third-order valence-corrected chi connectivity index (χ3v) is 8.72. The van der Waals surface area contributed by atoms with Gasteiger partial charge >= 0.3 is 5.97 Å². The molecule has 0 aliphatic heterocycles. The molecule has 3 atom stereocenters. The van der Waals surface area contributed by atoms with Gasteiger partial charge in [-0.15, -0.1) is 0 Å². The van der Waals surface area contributed by atoms with Crippen molar-refractivity contribution in [3.63, 3.8) is 0 Å². The summed E-state index contributed by atoms with van der Waals surface area (Å²) < 4.78 is 59.2. The summed E-state index contributed by atoms with van der Waals surface area (Å²) in [5, 5.41) is 12.2. The SMILES string of the molecule is CCCCS(=O)(=O)C[C@@H](NC(=O)c1cc(C)[nH]n1)C(=O)O[C@H](CNCc1cccc(CC)c1)C(N)Cc1cc(F)cc(F)c1. The molecule has 1 aromatic heterocycles. The van der Waals surface area contributed by atoms with Crippen molar-refractivity contribution in [3.05, 3.63) is 88.2 Å². The van der Waals surface area contributed by atoms with Gasteiger partial charge < -0.3 is 21.1 Å². The maximum absolute atomic E-state index is 13.9. The van der Waals surface area contributed by atoms with Crippen LogP contribution in [0, 0.1) is 18.6 Å². The molecule has 13 heteroatoms. The molecule has 1 heterocycles. The number of aryl methyl sites for hydroxylation is 2. The van der Waals surface area contributed by atoms with Crippen LogP contribution in [0.3, 0.4) is 0 Å². The van der Waals surface area contributed by atoms with Crippen LogP contribution in [0.4, 0.5) is 8.78 Å². The van der Waals surface area contributed by atoms with E-state index in [4.69, 9.17) is 10.5 Å². The van der Waals surface area contributed by atoms with E-state index < -0.39 is 57.3 Å². The number of benzene rings is 2. The van der Waals surface area contributed by atoms with Crippen molar-refractivity contribution in [2.75, 3.05) is 18.1 Å². The van der Waals surface area contributed by atoms with Crippen LogP contribution in [0.15, 0.2) is 48.5 Å². The van der Waals surface area contributed by atoms with E-state index in [0.717, 1.165) is 35.7 Å². The Balaban J connectivity index is 1.83. The van der Waals surface area contributed by atoms with Gasteiger partial charge in [-0.2, -0.15) is 5.10 Å². The zero-order chi connectivity index (χ0) is 32.3. The van der Waals surface area contributed by atoms with Crippen molar-refractivity contribution < 1.29 is 31.5 Å². The average Bonchev–Trinajstić information content (AvgIpc) is 3.41. The summed E-state index contributed by atoms with van der Waals surface area (Å²) in [5.74, 6) is -4.17. The number of halogens is 2. The predicted octanol–water partition coefficient (Wildman–Crippen LogP) is 3.14. The van der Waals surface area contributed by atoms with E-state index in [2.05, 4.69) is 20.8 Å². The molecule has 1 unspecified atom stereocenters. The molecule has 3 aromatic rings. The van der Waals surface area contributed by atoms with Gasteiger partial charge in [0.2, 0.25) is 0 Å². The van der Waals surface area contributed by atoms with Gasteiger partial charge in [-0.3, -0.25) is 9.89 Å². The van der Waals surface area contributed by atoms with Crippen LogP contribution in [0.1, 0.15) is 59.6 Å². The highest BCUT2D eigenvalue weighted by Crippen LogP contribution is 2.14. The molecular weight excluding hydrogens is 592 g/mol. The summed E-state index contributed by atoms with van der Waals surface area (Å²) in [5.41, 5.74) is 9.39. The van der Waals surface area contributed by atoms with Crippen molar-refractivity contribution in [1.82, 2.24) is 20.8 Å². The second-order valence-corrected chi connectivity index (χ2v) is 13.1. The Morgan fingerprint density at radius 1 is 1.05 bits per heavy atom. The number of hydrogen-bond acceptors (Lipinski definition) is 8. The highest BCUT2D eigenvalue weighted by atomic mass is 32.2. The number of carbonyl (C=O) groups is 2. The van der Waals surface area contributed by atoms with Crippen molar-refractivity contribution in [2.24, 2.45) is 5.73 Å². The van der Waals surface area contributed by atoms with E-state index >= 15 is 0 Å². The standard InChI is InChI=1S/C31H41F2N5O5S/c1-4-6-10-44(41,42)19-28(36-30(39)27-11-20(3)37-38-27)31(40)43-29(18-35-17-22-9-7-8-21(5-2)12-22)26(34)15-23-13-24(32)16-25(33)14-23/h7-9,11-14,16,26,28-29,35H,4-6,10,15,17-19,34H2,1-3H3,(H,36,39)(H,37,38)/t26?,28-,29-/m1/s1. The van der Waals surface area contributed by atoms with Crippen LogP contribution < -0.4 is 16.4 Å². The largest absolute Gasteiger partial charge is 0.458 e. The van der Waals surface area contributed by atoms with E-state index in [9.17, 15) is 26.8 Å². The molecule has 2 aromatic carbocycles. The summed E-state index contributed by atoms with van der Waals surface area (Å²) in [6.07, 6.45) is 0.774. The number of nitrogens with two attached hydrogens (primary N) is 1. The Hall–Kier alpha value is -3.68. The molecule has 240 valence electrons. The average molecular weight is 634 g/mol. The summed E-state index contributed by atoms with van der Waals surface area (Å²) in [6.45, 7) is 6.02. The molecule has 0 saturated carbocycles. The van der Waals surface area contributed by atoms with Gasteiger partial charge in [0.25, 0.3) is 5.91 Å². The Morgan fingerprint density at radius 3 is 2.39 bits per heavy atom. The second kappa shape index (κ2) is 16.4. The molecule has 10 nitrogen and oxygen atoms in total. The Morgan fingerprint density at radius 2 is 1.75 bits per heavy atom. The number of ether oxygens (including phenoxy) is 1. The number of H-pyrrole nitrogens is 1. The number of sulfone groups is 1. The zero-order valence-electron chi connectivity index (χ0n) is 25.2. The number of unbranched alkanes of at least 4 members (excludes halogenated alkanes) is 1. The first kappa shape index (κ1) is 34.8. The van der Waals surface area contributed by atoms with Crippen LogP contribution in [0.5, 0.6) is 0 Å². The fourth-order valence-electron chi connectivity index (χ4n) is 4.60. The molecule has 44 heavy (non-hydrogen) atoms. The van der Waals surface area contributed by atoms with Crippen LogP contribution >= 0.6 is 0 Å². The second-order valence-electron chi connectivity index (χ2n) is 10.9. The zero-order valence-corrected chi connectivity index (χ0v) is 26.1. The minimum Gasteiger partial charge on any atom is -0.458 e. The quantitative estimate of drug-likeness (QED) is 0.165. The molecule has 0 aliphatic rings. The van der Waals surface area contributed by atoms with Gasteiger partial charge in [-0.25, -0.2) is 22.0 Å². The number of nitrogens with one attached hydrogen (secondary N) is 3. The number of carbonyl (C=O) groups excluding carboxylic acids is 2. The molecule has 5 N–H and O–H groups in total. The smallest absolute Gasteiger partial charge is 0.330 e. The Labute approximate surface area is 257 Å². The van der Waals surface area contributed by atoms with E-state index in [1.807, 2.05) is 38.1 Å². The van der Waals surface area contributed by atoms with Gasteiger partial charge in [0, 0.05) is 30.9 Å². The monoisotopic (exact) mass is 633 g/mol. The predicted molar refractivity (Wildman–Crippen MR) is 164 cm³/mol. The number of aromatic amines is 1. The summed E-state index contributed by atoms with van der Waals surface area (Å²) >= 11 is 0. The lowest BCUT2D eigenvalue weighted by molar-refractivity contribution is -0.151. The topological polar surface area (TPSA) is 156 Å². The number of hydrogen-bond donors (Lipinski definition) is 4. The number of amides is 1. The van der Waals surface area contributed by atoms with Crippen molar-refractivity contribution >= 4 is 21.7 Å². The van der Waals surface area contributed by atoms with Crippen molar-refractivity contribution in [3.8, 4) is 0 Å². The van der Waals surface area contributed by atoms with E-state index in [1.165, 1.54) is 6.07 Å². The van der Waals surface area contributed by atoms with Crippen LogP contribution in [-0.2, 0) is 38.8 Å². The van der Waals surface area contributed by atoms with Gasteiger partial charge in [0.15, 0.2) is 9.84 Å². The minimum atomic E-state index is -3.76. The Bertz CT molecular complexity index is 1490. The normalized spacial score (nSPS) is 13.7. The van der Waals surface area contributed by atoms with Gasteiger partial charge in [0.05, 0.1) is 11.5 Å². The fraction of sp³-hybridized carbons (Fsp3) is 0.452. The highest BCUT2D eigenvalue weighted by Gasteiger charge is 2.32. The first-order chi connectivity index (χ1) is 20.9. The summed E-state index contributed by atoms with van der Waals surface area (Å²) in [7, 11) is -3.76.